The molecule has 1 heterocycles. The van der Waals surface area contributed by atoms with Crippen LogP contribution in [0.1, 0.15) is 54.2 Å². The minimum atomic E-state index is -4.81. The van der Waals surface area contributed by atoms with Gasteiger partial charge >= 0.3 is 24.3 Å². The van der Waals surface area contributed by atoms with Crippen LogP contribution in [0.5, 0.6) is 0 Å². The Bertz CT molecular complexity index is 2010. The molecule has 266 valence electrons. The Labute approximate surface area is 304 Å². The number of ketones is 1. The smallest absolute Gasteiger partial charge is 0.435 e. The SMILES string of the molecule is O=C(O)c1ccc(C(=O)C=C(c2cc(Cl)cc(Cl)c2)C(F)(F)F)cc1.O=C(O)c1ccc(C2=NOC(c3cc(Cl)cc(Cl)c3)(C(F)(F)F)C2)cc1. The fourth-order valence-corrected chi connectivity index (χ4v) is 5.73. The van der Waals surface area contributed by atoms with E-state index in [1.54, 1.807) is 0 Å². The van der Waals surface area contributed by atoms with Crippen molar-refractivity contribution in [3.05, 3.63) is 144 Å². The van der Waals surface area contributed by atoms with Gasteiger partial charge in [0.25, 0.3) is 5.60 Å². The van der Waals surface area contributed by atoms with Gasteiger partial charge in [-0.25, -0.2) is 9.59 Å². The minimum Gasteiger partial charge on any atom is -0.478 e. The quantitative estimate of drug-likeness (QED) is 0.109. The summed E-state index contributed by atoms with van der Waals surface area (Å²) in [5, 5.41) is 21.4. The molecule has 0 amide bonds. The Morgan fingerprint density at radius 3 is 1.53 bits per heavy atom. The fraction of sp³-hybridized carbons (Fsp3) is 0.118. The van der Waals surface area contributed by atoms with Crippen LogP contribution >= 0.6 is 46.4 Å². The van der Waals surface area contributed by atoms with Crippen LogP contribution in [-0.2, 0) is 10.4 Å². The fourth-order valence-electron chi connectivity index (χ4n) is 4.68. The van der Waals surface area contributed by atoms with Crippen LogP contribution in [0, 0.1) is 0 Å². The number of carboxylic acids is 2. The monoisotopic (exact) mass is 791 g/mol. The summed E-state index contributed by atoms with van der Waals surface area (Å²) in [6.45, 7) is 0. The summed E-state index contributed by atoms with van der Waals surface area (Å²) in [7, 11) is 0. The van der Waals surface area contributed by atoms with Crippen LogP contribution in [0.4, 0.5) is 26.3 Å². The largest absolute Gasteiger partial charge is 0.478 e. The van der Waals surface area contributed by atoms with Gasteiger partial charge in [-0.05, 0) is 77.9 Å². The predicted octanol–water partition coefficient (Wildman–Crippen LogP) is 10.8. The van der Waals surface area contributed by atoms with Gasteiger partial charge in [-0.2, -0.15) is 26.3 Å². The molecular weight excluding hydrogens is 774 g/mol. The molecule has 17 heteroatoms. The maximum absolute atomic E-state index is 13.9. The number of rotatable bonds is 7. The zero-order chi connectivity index (χ0) is 37.9. The molecule has 0 bridgehead atoms. The molecule has 2 N–H and O–H groups in total. The van der Waals surface area contributed by atoms with Gasteiger partial charge in [0.1, 0.15) is 0 Å². The van der Waals surface area contributed by atoms with Crippen molar-refractivity contribution in [3.8, 4) is 0 Å². The van der Waals surface area contributed by atoms with Crippen LogP contribution in [0.25, 0.3) is 5.57 Å². The average Bonchev–Trinajstić information content (AvgIpc) is 3.50. The number of nitrogens with zero attached hydrogens (tertiary/aromatic N) is 1. The Balaban J connectivity index is 0.000000229. The molecule has 0 aliphatic carbocycles. The third kappa shape index (κ3) is 9.41. The summed E-state index contributed by atoms with van der Waals surface area (Å²) in [5.74, 6) is -3.28. The number of carboxylic acid groups (broad SMARTS) is 2. The summed E-state index contributed by atoms with van der Waals surface area (Å²) in [4.78, 5) is 38.7. The summed E-state index contributed by atoms with van der Waals surface area (Å²) >= 11 is 23.1. The van der Waals surface area contributed by atoms with Gasteiger partial charge in [-0.15, -0.1) is 0 Å². The van der Waals surface area contributed by atoms with Crippen molar-refractivity contribution in [2.24, 2.45) is 5.16 Å². The number of carbonyl (C=O) groups excluding carboxylic acids is 1. The molecule has 1 aliphatic rings. The van der Waals surface area contributed by atoms with Gasteiger partial charge < -0.3 is 15.1 Å². The van der Waals surface area contributed by atoms with Gasteiger partial charge in [0.05, 0.1) is 22.4 Å². The van der Waals surface area contributed by atoms with Gasteiger partial charge in [0.15, 0.2) is 5.78 Å². The van der Waals surface area contributed by atoms with E-state index in [-0.39, 0.29) is 53.6 Å². The van der Waals surface area contributed by atoms with E-state index in [0.29, 0.717) is 11.6 Å². The number of hydrogen-bond donors (Lipinski definition) is 2. The third-order valence-electron chi connectivity index (χ3n) is 7.15. The molecule has 0 saturated carbocycles. The standard InChI is InChI=1S/C17H10Cl2F3NO3.C17H9Cl2F3O3/c18-12-5-11(6-13(19)7-12)16(17(20,21)22)8-14(23-26-16)9-1-3-10(4-2-9)15(24)25;18-12-5-11(6-13(19)7-12)14(17(20,21)22)8-15(23)9-1-3-10(4-2-9)16(24)25/h1-7H,8H2,(H,24,25);1-8H,(H,24,25). The molecule has 51 heavy (non-hydrogen) atoms. The molecule has 1 unspecified atom stereocenters. The number of oxime groups is 1. The van der Waals surface area contributed by atoms with Crippen molar-refractivity contribution in [2.75, 3.05) is 0 Å². The lowest BCUT2D eigenvalue weighted by molar-refractivity contribution is -0.275. The predicted molar refractivity (Wildman–Crippen MR) is 178 cm³/mol. The molecule has 5 rings (SSSR count). The highest BCUT2D eigenvalue weighted by Crippen LogP contribution is 2.49. The Morgan fingerprint density at radius 2 is 1.10 bits per heavy atom. The lowest BCUT2D eigenvalue weighted by atomic mass is 9.86. The van der Waals surface area contributed by atoms with Crippen LogP contribution in [0.3, 0.4) is 0 Å². The van der Waals surface area contributed by atoms with E-state index >= 15 is 0 Å². The average molecular weight is 793 g/mol. The zero-order valence-corrected chi connectivity index (χ0v) is 28.1. The molecule has 4 aromatic carbocycles. The summed E-state index contributed by atoms with van der Waals surface area (Å²) < 4.78 is 81.6. The lowest BCUT2D eigenvalue weighted by Crippen LogP contribution is -2.42. The van der Waals surface area contributed by atoms with Crippen molar-refractivity contribution in [1.82, 2.24) is 0 Å². The normalized spacial score (nSPS) is 16.0. The molecular formula is C34H19Cl4F6NO6. The first-order chi connectivity index (χ1) is 23.7. The number of allylic oxidation sites excluding steroid dienone is 2. The number of aromatic carboxylic acids is 2. The number of carbonyl (C=O) groups is 3. The lowest BCUT2D eigenvalue weighted by Gasteiger charge is -2.29. The second-order valence-electron chi connectivity index (χ2n) is 10.6. The van der Waals surface area contributed by atoms with Crippen molar-refractivity contribution in [3.63, 3.8) is 0 Å². The van der Waals surface area contributed by atoms with Gasteiger partial charge in [0.2, 0.25) is 0 Å². The number of alkyl halides is 6. The first kappa shape index (κ1) is 39.2. The van der Waals surface area contributed by atoms with Gasteiger partial charge in [0, 0.05) is 37.6 Å². The van der Waals surface area contributed by atoms with E-state index in [2.05, 4.69) is 5.16 Å². The first-order valence-electron chi connectivity index (χ1n) is 14.0. The van der Waals surface area contributed by atoms with E-state index in [0.717, 1.165) is 48.5 Å². The molecule has 0 aromatic heterocycles. The summed E-state index contributed by atoms with van der Waals surface area (Å²) in [6.07, 6.45) is -9.77. The second-order valence-corrected chi connectivity index (χ2v) is 12.4. The van der Waals surface area contributed by atoms with E-state index in [1.807, 2.05) is 0 Å². The van der Waals surface area contributed by atoms with E-state index < -0.39 is 47.7 Å². The molecule has 7 nitrogen and oxygen atoms in total. The van der Waals surface area contributed by atoms with Crippen molar-refractivity contribution < 1.29 is 55.8 Å². The highest BCUT2D eigenvalue weighted by atomic mass is 35.5. The van der Waals surface area contributed by atoms with Gasteiger partial charge in [-0.3, -0.25) is 4.79 Å². The van der Waals surface area contributed by atoms with Crippen LogP contribution in [-0.4, -0.2) is 46.0 Å². The van der Waals surface area contributed by atoms with Crippen molar-refractivity contribution in [1.29, 1.82) is 0 Å². The van der Waals surface area contributed by atoms with Crippen molar-refractivity contribution in [2.45, 2.75) is 24.4 Å². The Kier molecular flexibility index (Phi) is 11.8. The number of hydrogen-bond acceptors (Lipinski definition) is 5. The van der Waals surface area contributed by atoms with E-state index in [1.165, 1.54) is 36.4 Å². The number of benzene rings is 4. The van der Waals surface area contributed by atoms with Crippen LogP contribution in [0.2, 0.25) is 20.1 Å². The number of halogens is 10. The first-order valence-corrected chi connectivity index (χ1v) is 15.5. The second kappa shape index (κ2) is 15.4. The topological polar surface area (TPSA) is 113 Å². The van der Waals surface area contributed by atoms with Crippen molar-refractivity contribution >= 4 is 75.4 Å². The van der Waals surface area contributed by atoms with Gasteiger partial charge in [-0.1, -0.05) is 75.8 Å². The van der Waals surface area contributed by atoms with Crippen LogP contribution in [0.15, 0.2) is 96.2 Å². The summed E-state index contributed by atoms with van der Waals surface area (Å²) in [5.41, 5.74) is -4.32. The summed E-state index contributed by atoms with van der Waals surface area (Å²) in [6, 6.07) is 16.8. The van der Waals surface area contributed by atoms with E-state index in [9.17, 15) is 40.7 Å². The molecule has 0 spiro atoms. The van der Waals surface area contributed by atoms with E-state index in [4.69, 9.17) is 61.5 Å². The zero-order valence-electron chi connectivity index (χ0n) is 25.1. The van der Waals surface area contributed by atoms with Crippen LogP contribution < -0.4 is 0 Å². The molecule has 4 aromatic rings. The Morgan fingerprint density at radius 1 is 0.667 bits per heavy atom. The maximum atomic E-state index is 13.9. The highest BCUT2D eigenvalue weighted by Gasteiger charge is 2.62. The molecule has 0 radical (unpaired) electrons. The molecule has 0 saturated heterocycles. The molecule has 1 atom stereocenters. The Hall–Kier alpha value is -4.56. The molecule has 1 aliphatic heterocycles. The maximum Gasteiger partial charge on any atom is 0.435 e. The highest BCUT2D eigenvalue weighted by molar-refractivity contribution is 6.35. The molecule has 0 fully saturated rings. The third-order valence-corrected chi connectivity index (χ3v) is 8.02. The minimum absolute atomic E-state index is 0.00379.